The number of phosphoric acid groups is 1. The minimum absolute atomic E-state index is 0.0232. The van der Waals surface area contributed by atoms with Crippen molar-refractivity contribution in [3.8, 4) is 5.75 Å². The third-order valence-corrected chi connectivity index (χ3v) is 12.6. The number of halogens is 3. The maximum absolute atomic E-state index is 13.2. The monoisotopic (exact) mass is 862 g/mol. The van der Waals surface area contributed by atoms with E-state index in [1.165, 1.54) is 82.1 Å². The Balaban J connectivity index is 1.70. The summed E-state index contributed by atoms with van der Waals surface area (Å²) in [4.78, 5) is 23.4. The summed E-state index contributed by atoms with van der Waals surface area (Å²) < 4.78 is 69.4. The van der Waals surface area contributed by atoms with Gasteiger partial charge in [-0.2, -0.15) is 13.2 Å². The highest BCUT2D eigenvalue weighted by Crippen LogP contribution is 2.52. The molecule has 59 heavy (non-hydrogen) atoms. The lowest BCUT2D eigenvalue weighted by molar-refractivity contribution is -0.923. The Hall–Kier alpha value is -2.35. The Labute approximate surface area is 353 Å². The molecule has 15 heteroatoms. The quantitative estimate of drug-likeness (QED) is 0.0262. The summed E-state index contributed by atoms with van der Waals surface area (Å²) in [6.07, 6.45) is 18.9. The summed E-state index contributed by atoms with van der Waals surface area (Å²) in [5.41, 5.74) is -2.45. The number of allylic oxidation sites excluding steroid dienone is 1. The van der Waals surface area contributed by atoms with E-state index in [1.54, 1.807) is 6.08 Å². The summed E-state index contributed by atoms with van der Waals surface area (Å²) in [5.74, 6) is 0.234. The van der Waals surface area contributed by atoms with Crippen molar-refractivity contribution in [3.05, 3.63) is 42.0 Å². The molecule has 0 spiro atoms. The van der Waals surface area contributed by atoms with Crippen LogP contribution in [0.15, 0.2) is 46.6 Å². The molecule has 1 heterocycles. The number of hydrogen-bond donors (Lipinski definition) is 3. The summed E-state index contributed by atoms with van der Waals surface area (Å²) >= 11 is 0. The molecule has 1 aromatic rings. The van der Waals surface area contributed by atoms with E-state index in [0.29, 0.717) is 25.3 Å². The van der Waals surface area contributed by atoms with Crippen molar-refractivity contribution in [1.82, 2.24) is 5.32 Å². The molecule has 0 aliphatic carbocycles. The van der Waals surface area contributed by atoms with Crippen molar-refractivity contribution in [2.45, 2.75) is 180 Å². The second kappa shape index (κ2) is 29.0. The fourth-order valence-electron chi connectivity index (χ4n) is 7.20. The maximum Gasteiger partial charge on any atom is 0.472 e. The predicted octanol–water partition coefficient (Wildman–Crippen LogP) is 11.5. The second-order valence-corrected chi connectivity index (χ2v) is 17.4. The van der Waals surface area contributed by atoms with Gasteiger partial charge in [-0.3, -0.25) is 13.8 Å². The molecule has 0 aromatic heterocycles. The molecule has 0 fully saturated rings. The topological polar surface area (TPSA) is 139 Å². The van der Waals surface area contributed by atoms with Crippen LogP contribution in [-0.2, 0) is 24.1 Å². The van der Waals surface area contributed by atoms with Gasteiger partial charge >= 0.3 is 19.7 Å². The average molecular weight is 862 g/mol. The minimum atomic E-state index is -4.55. The summed E-state index contributed by atoms with van der Waals surface area (Å²) in [5, 5.41) is 20.3. The van der Waals surface area contributed by atoms with Gasteiger partial charge in [0.2, 0.25) is 5.91 Å². The molecule has 1 aliphatic heterocycles. The van der Waals surface area contributed by atoms with Crippen LogP contribution >= 0.6 is 7.82 Å². The van der Waals surface area contributed by atoms with Gasteiger partial charge in [-0.1, -0.05) is 128 Å². The molecule has 0 saturated heterocycles. The first kappa shape index (κ1) is 52.8. The number of nitrogens with zero attached hydrogens (tertiary/aromatic N) is 3. The maximum atomic E-state index is 13.2. The fraction of sp³-hybridized carbons (Fsp3) is 0.795. The zero-order chi connectivity index (χ0) is 43.5. The van der Waals surface area contributed by atoms with Crippen molar-refractivity contribution in [1.29, 1.82) is 0 Å². The molecule has 340 valence electrons. The highest BCUT2D eigenvalue weighted by Gasteiger charge is 2.65. The SMILES string of the molecule is CCCCCCCCCCCCC/C=C/[C@@H](O)[C@H](COP(=O)(O)OCC[N+](CC)(CC)CC)NC(=O)CCCCCCCCCOc1ccc(C2(C(F)(F)F)N=N2)cc1. The lowest BCUT2D eigenvalue weighted by atomic mass is 10.0. The number of hydrogen-bond acceptors (Lipinski definition) is 8. The molecular formula is C44H77F3N4O7P+. The second-order valence-electron chi connectivity index (χ2n) is 16.0. The number of ether oxygens (including phenoxy) is 1. The molecule has 0 saturated carbocycles. The van der Waals surface area contributed by atoms with Crippen LogP contribution < -0.4 is 10.1 Å². The lowest BCUT2D eigenvalue weighted by Gasteiger charge is -2.35. The summed E-state index contributed by atoms with van der Waals surface area (Å²) in [6, 6.07) is 4.78. The minimum Gasteiger partial charge on any atom is -0.494 e. The molecular weight excluding hydrogens is 784 g/mol. The Bertz CT molecular complexity index is 1360. The smallest absolute Gasteiger partial charge is 0.472 e. The van der Waals surface area contributed by atoms with Crippen LogP contribution in [0.2, 0.25) is 0 Å². The van der Waals surface area contributed by atoms with E-state index >= 15 is 0 Å². The van der Waals surface area contributed by atoms with Crippen LogP contribution in [-0.4, -0.2) is 84.7 Å². The normalized spacial score (nSPS) is 15.9. The summed E-state index contributed by atoms with van der Waals surface area (Å²) in [7, 11) is -4.42. The zero-order valence-corrected chi connectivity index (χ0v) is 37.5. The molecule has 1 amide bonds. The third-order valence-electron chi connectivity index (χ3n) is 11.6. The number of phosphoric ester groups is 1. The first-order valence-electron chi connectivity index (χ1n) is 22.6. The molecule has 1 unspecified atom stereocenters. The number of quaternary nitrogens is 1. The van der Waals surface area contributed by atoms with E-state index in [2.05, 4.69) is 43.2 Å². The van der Waals surface area contributed by atoms with E-state index in [1.807, 2.05) is 6.08 Å². The Morgan fingerprint density at radius 1 is 0.797 bits per heavy atom. The van der Waals surface area contributed by atoms with Gasteiger partial charge in [0.25, 0.3) is 0 Å². The Kier molecular flexibility index (Phi) is 26.0. The number of unbranched alkanes of at least 4 members (excludes halogenated alkanes) is 17. The highest BCUT2D eigenvalue weighted by molar-refractivity contribution is 7.47. The number of aliphatic hydroxyl groups excluding tert-OH is 1. The van der Waals surface area contributed by atoms with Crippen LogP contribution in [0, 0.1) is 0 Å². The van der Waals surface area contributed by atoms with Crippen molar-refractivity contribution < 1.29 is 50.8 Å². The number of nitrogens with one attached hydrogen (secondary N) is 1. The van der Waals surface area contributed by atoms with Crippen LogP contribution in [0.3, 0.4) is 0 Å². The standard InChI is InChI=1S/C44H76F3N4O7P/c1-5-9-10-11-12-13-14-15-16-17-19-22-25-28-41(52)40(37-58-59(54,55)57-36-34-51(6-2,7-3)8-4)48-42(53)29-26-23-20-18-21-24-27-35-56-39-32-30-38(31-33-39)43(49-50-43)44(45,46)47/h25,28,30-33,40-41,52H,5-24,26-27,29,34-37H2,1-4H3,(H-,48,53,54,55)/p+1/b28-25+/t40-,41+/m0/s1. The van der Waals surface area contributed by atoms with Gasteiger partial charge in [0, 0.05) is 12.0 Å². The first-order valence-corrected chi connectivity index (χ1v) is 24.1. The van der Waals surface area contributed by atoms with E-state index in [9.17, 15) is 32.5 Å². The number of amides is 1. The molecule has 1 aromatic carbocycles. The number of likely N-dealkylation sites (N-methyl/N-ethyl adjacent to an activating group) is 1. The van der Waals surface area contributed by atoms with E-state index < -0.39 is 31.8 Å². The van der Waals surface area contributed by atoms with Gasteiger partial charge in [-0.25, -0.2) is 4.57 Å². The van der Waals surface area contributed by atoms with Gasteiger partial charge in [0.1, 0.15) is 18.9 Å². The van der Waals surface area contributed by atoms with Gasteiger partial charge < -0.3 is 24.5 Å². The number of rotatable bonds is 37. The Morgan fingerprint density at radius 2 is 1.32 bits per heavy atom. The van der Waals surface area contributed by atoms with Crippen LogP contribution in [0.5, 0.6) is 5.75 Å². The fourth-order valence-corrected chi connectivity index (χ4v) is 7.93. The number of benzene rings is 1. The van der Waals surface area contributed by atoms with Crippen molar-refractivity contribution in [2.24, 2.45) is 10.2 Å². The van der Waals surface area contributed by atoms with Crippen molar-refractivity contribution >= 4 is 13.7 Å². The lowest BCUT2D eigenvalue weighted by Crippen LogP contribution is -2.49. The zero-order valence-electron chi connectivity index (χ0n) is 36.6. The molecule has 3 atom stereocenters. The largest absolute Gasteiger partial charge is 0.494 e. The predicted molar refractivity (Wildman–Crippen MR) is 228 cm³/mol. The van der Waals surface area contributed by atoms with Crippen LogP contribution in [0.1, 0.15) is 162 Å². The Morgan fingerprint density at radius 3 is 1.85 bits per heavy atom. The molecule has 1 aliphatic rings. The first-order chi connectivity index (χ1) is 28.3. The highest BCUT2D eigenvalue weighted by atomic mass is 31.2. The van der Waals surface area contributed by atoms with E-state index in [0.717, 1.165) is 81.9 Å². The summed E-state index contributed by atoms with van der Waals surface area (Å²) in [6.45, 7) is 11.8. The van der Waals surface area contributed by atoms with Gasteiger partial charge in [0.05, 0.1) is 45.0 Å². The van der Waals surface area contributed by atoms with E-state index in [4.69, 9.17) is 13.8 Å². The molecule has 0 bridgehead atoms. The van der Waals surface area contributed by atoms with Gasteiger partial charge in [-0.15, -0.1) is 10.2 Å². The number of alkyl halides is 3. The number of carbonyl (C=O) groups excluding carboxylic acids is 1. The van der Waals surface area contributed by atoms with E-state index in [-0.39, 0.29) is 31.1 Å². The van der Waals surface area contributed by atoms with Crippen molar-refractivity contribution in [2.75, 3.05) is 46.0 Å². The van der Waals surface area contributed by atoms with Crippen LogP contribution in [0.25, 0.3) is 0 Å². The number of aliphatic hydroxyl groups is 1. The van der Waals surface area contributed by atoms with Crippen molar-refractivity contribution in [3.63, 3.8) is 0 Å². The molecule has 11 nitrogen and oxygen atoms in total. The van der Waals surface area contributed by atoms with Gasteiger partial charge in [-0.05, 0) is 58.6 Å². The van der Waals surface area contributed by atoms with Crippen LogP contribution in [0.4, 0.5) is 13.2 Å². The molecule has 0 radical (unpaired) electrons. The molecule has 3 N–H and O–H groups in total. The van der Waals surface area contributed by atoms with Gasteiger partial charge in [0.15, 0.2) is 0 Å². The molecule has 2 rings (SSSR count). The average Bonchev–Trinajstić information content (AvgIpc) is 4.04. The number of carbonyl (C=O) groups is 1. The third kappa shape index (κ3) is 21.3.